The maximum Gasteiger partial charge on any atom is 0.118 e. The first-order chi connectivity index (χ1) is 8.05. The lowest BCUT2D eigenvalue weighted by Crippen LogP contribution is -2.49. The van der Waals surface area contributed by atoms with Crippen LogP contribution in [-0.4, -0.2) is 34.3 Å². The first-order valence-corrected chi connectivity index (χ1v) is 7.56. The predicted molar refractivity (Wildman–Crippen MR) is 73.0 cm³/mol. The van der Waals surface area contributed by atoms with Crippen LogP contribution in [0.5, 0.6) is 0 Å². The van der Waals surface area contributed by atoms with E-state index in [0.29, 0.717) is 5.92 Å². The SMILES string of the molecule is CCCNC(C#N)(CSC(C)C(C)O)C1CC1. The van der Waals surface area contributed by atoms with Crippen LogP contribution in [0.3, 0.4) is 0 Å². The zero-order valence-corrected chi connectivity index (χ0v) is 11.9. The first kappa shape index (κ1) is 14.8. The van der Waals surface area contributed by atoms with Crippen molar-refractivity contribution < 1.29 is 5.11 Å². The monoisotopic (exact) mass is 256 g/mol. The highest BCUT2D eigenvalue weighted by atomic mass is 32.2. The fourth-order valence-electron chi connectivity index (χ4n) is 1.80. The topological polar surface area (TPSA) is 56.0 Å². The summed E-state index contributed by atoms with van der Waals surface area (Å²) < 4.78 is 0. The zero-order chi connectivity index (χ0) is 12.9. The molecule has 3 unspecified atom stereocenters. The smallest absolute Gasteiger partial charge is 0.118 e. The molecule has 0 aliphatic heterocycles. The summed E-state index contributed by atoms with van der Waals surface area (Å²) in [5.41, 5.74) is -0.371. The van der Waals surface area contributed by atoms with Gasteiger partial charge in [-0.15, -0.1) is 0 Å². The summed E-state index contributed by atoms with van der Waals surface area (Å²) >= 11 is 1.70. The molecule has 0 saturated heterocycles. The van der Waals surface area contributed by atoms with Crippen LogP contribution in [0.4, 0.5) is 0 Å². The van der Waals surface area contributed by atoms with Gasteiger partial charge in [0.1, 0.15) is 5.54 Å². The second-order valence-corrected chi connectivity index (χ2v) is 6.41. The van der Waals surface area contributed by atoms with E-state index in [0.717, 1.165) is 31.6 Å². The van der Waals surface area contributed by atoms with E-state index in [1.165, 1.54) is 0 Å². The maximum atomic E-state index is 9.50. The van der Waals surface area contributed by atoms with Crippen molar-refractivity contribution in [1.29, 1.82) is 5.26 Å². The standard InChI is InChI=1S/C13H24N2OS/c1-4-7-15-13(8-14,12-5-6-12)9-17-11(3)10(2)16/h10-12,15-16H,4-7,9H2,1-3H3. The van der Waals surface area contributed by atoms with Gasteiger partial charge < -0.3 is 5.11 Å². The molecular weight excluding hydrogens is 232 g/mol. The molecule has 1 saturated carbocycles. The minimum absolute atomic E-state index is 0.185. The van der Waals surface area contributed by atoms with Gasteiger partial charge in [0.2, 0.25) is 0 Å². The summed E-state index contributed by atoms with van der Waals surface area (Å²) in [4.78, 5) is 0. The summed E-state index contributed by atoms with van der Waals surface area (Å²) in [6.07, 6.45) is 3.05. The third-order valence-electron chi connectivity index (χ3n) is 3.42. The third kappa shape index (κ3) is 4.17. The van der Waals surface area contributed by atoms with Crippen LogP contribution >= 0.6 is 11.8 Å². The largest absolute Gasteiger partial charge is 0.392 e. The number of nitriles is 1. The third-order valence-corrected chi connectivity index (χ3v) is 4.96. The zero-order valence-electron chi connectivity index (χ0n) is 11.1. The van der Waals surface area contributed by atoms with Crippen molar-refractivity contribution in [2.24, 2.45) is 5.92 Å². The number of rotatable bonds is 8. The Labute approximate surface area is 109 Å². The highest BCUT2D eigenvalue weighted by molar-refractivity contribution is 8.00. The summed E-state index contributed by atoms with van der Waals surface area (Å²) in [5.74, 6) is 1.29. The Kier molecular flexibility index (Phi) is 5.78. The van der Waals surface area contributed by atoms with Gasteiger partial charge in [-0.25, -0.2) is 0 Å². The Hall–Kier alpha value is -0.240. The molecule has 0 heterocycles. The average molecular weight is 256 g/mol. The molecule has 0 amide bonds. The number of nitrogens with one attached hydrogen (secondary N) is 1. The molecule has 98 valence electrons. The molecule has 0 aromatic carbocycles. The van der Waals surface area contributed by atoms with E-state index in [1.54, 1.807) is 11.8 Å². The number of aliphatic hydroxyl groups excluding tert-OH is 1. The van der Waals surface area contributed by atoms with E-state index >= 15 is 0 Å². The van der Waals surface area contributed by atoms with Crippen LogP contribution in [0, 0.1) is 17.2 Å². The van der Waals surface area contributed by atoms with E-state index < -0.39 is 0 Å². The number of thioether (sulfide) groups is 1. The maximum absolute atomic E-state index is 9.50. The number of aliphatic hydroxyl groups is 1. The second kappa shape index (κ2) is 6.63. The highest BCUT2D eigenvalue weighted by Gasteiger charge is 2.45. The average Bonchev–Trinajstić information content (AvgIpc) is 3.14. The Morgan fingerprint density at radius 3 is 2.59 bits per heavy atom. The molecule has 1 aliphatic carbocycles. The van der Waals surface area contributed by atoms with Crippen molar-refractivity contribution >= 4 is 11.8 Å². The fraction of sp³-hybridized carbons (Fsp3) is 0.923. The molecule has 1 aliphatic rings. The van der Waals surface area contributed by atoms with Crippen molar-refractivity contribution in [3.63, 3.8) is 0 Å². The van der Waals surface area contributed by atoms with Gasteiger partial charge in [-0.2, -0.15) is 17.0 Å². The van der Waals surface area contributed by atoms with Gasteiger partial charge in [0.15, 0.2) is 0 Å². The minimum atomic E-state index is -0.371. The molecule has 0 bridgehead atoms. The van der Waals surface area contributed by atoms with Gasteiger partial charge in [-0.3, -0.25) is 5.32 Å². The molecule has 3 atom stereocenters. The summed E-state index contributed by atoms with van der Waals surface area (Å²) in [6, 6.07) is 2.49. The Morgan fingerprint density at radius 1 is 1.53 bits per heavy atom. The van der Waals surface area contributed by atoms with Gasteiger partial charge in [0.05, 0.1) is 12.2 Å². The van der Waals surface area contributed by atoms with Gasteiger partial charge in [-0.1, -0.05) is 13.8 Å². The number of nitrogens with zero attached hydrogens (tertiary/aromatic N) is 1. The Morgan fingerprint density at radius 2 is 2.18 bits per heavy atom. The van der Waals surface area contributed by atoms with E-state index in [9.17, 15) is 10.4 Å². The Bertz CT molecular complexity index is 273. The number of hydrogen-bond donors (Lipinski definition) is 2. The molecule has 17 heavy (non-hydrogen) atoms. The summed E-state index contributed by atoms with van der Waals surface area (Å²) in [7, 11) is 0. The van der Waals surface area contributed by atoms with Crippen LogP contribution in [0.2, 0.25) is 0 Å². The van der Waals surface area contributed by atoms with E-state index in [1.807, 2.05) is 13.8 Å². The van der Waals surface area contributed by atoms with Gasteiger partial charge >= 0.3 is 0 Å². The molecule has 1 rings (SSSR count). The molecule has 0 radical (unpaired) electrons. The molecule has 4 heteroatoms. The van der Waals surface area contributed by atoms with Crippen molar-refractivity contribution in [2.45, 2.75) is 56.9 Å². The Balaban J connectivity index is 2.54. The lowest BCUT2D eigenvalue weighted by Gasteiger charge is -2.29. The molecule has 0 aromatic heterocycles. The van der Waals surface area contributed by atoms with Crippen LogP contribution < -0.4 is 5.32 Å². The highest BCUT2D eigenvalue weighted by Crippen LogP contribution is 2.41. The van der Waals surface area contributed by atoms with Crippen molar-refractivity contribution in [2.75, 3.05) is 12.3 Å². The van der Waals surface area contributed by atoms with Crippen LogP contribution in [-0.2, 0) is 0 Å². The van der Waals surface area contributed by atoms with Gasteiger partial charge in [0, 0.05) is 11.0 Å². The van der Waals surface area contributed by atoms with E-state index in [4.69, 9.17) is 0 Å². The molecule has 1 fully saturated rings. The first-order valence-electron chi connectivity index (χ1n) is 6.51. The number of hydrogen-bond acceptors (Lipinski definition) is 4. The van der Waals surface area contributed by atoms with Crippen LogP contribution in [0.15, 0.2) is 0 Å². The van der Waals surface area contributed by atoms with Gasteiger partial charge in [-0.05, 0) is 38.6 Å². The van der Waals surface area contributed by atoms with Crippen LogP contribution in [0.25, 0.3) is 0 Å². The lowest BCUT2D eigenvalue weighted by atomic mass is 9.97. The lowest BCUT2D eigenvalue weighted by molar-refractivity contribution is 0.196. The van der Waals surface area contributed by atoms with Crippen molar-refractivity contribution in [1.82, 2.24) is 5.32 Å². The van der Waals surface area contributed by atoms with Crippen molar-refractivity contribution in [3.05, 3.63) is 0 Å². The molecule has 2 N–H and O–H groups in total. The molecule has 0 aromatic rings. The molecule has 3 nitrogen and oxygen atoms in total. The van der Waals surface area contributed by atoms with Gasteiger partial charge in [0.25, 0.3) is 0 Å². The fourth-order valence-corrected chi connectivity index (χ4v) is 3.01. The predicted octanol–water partition coefficient (Wildman–Crippen LogP) is 2.16. The summed E-state index contributed by atoms with van der Waals surface area (Å²) in [5, 5.41) is 22.6. The quantitative estimate of drug-likeness (QED) is 0.699. The minimum Gasteiger partial charge on any atom is -0.392 e. The van der Waals surface area contributed by atoms with Crippen LogP contribution in [0.1, 0.15) is 40.0 Å². The van der Waals surface area contributed by atoms with E-state index in [-0.39, 0.29) is 16.9 Å². The molecular formula is C13H24N2OS. The second-order valence-electron chi connectivity index (χ2n) is 5.04. The van der Waals surface area contributed by atoms with Crippen molar-refractivity contribution in [3.8, 4) is 6.07 Å². The normalized spacial score (nSPS) is 22.5. The molecule has 0 spiro atoms. The van der Waals surface area contributed by atoms with E-state index in [2.05, 4.69) is 18.3 Å². The summed E-state index contributed by atoms with van der Waals surface area (Å²) in [6.45, 7) is 6.84.